The fraction of sp³-hybridized carbons (Fsp3) is 0.423. The number of halogens is 3. The maximum absolute atomic E-state index is 13.0. The van der Waals surface area contributed by atoms with Crippen LogP contribution >= 0.6 is 0 Å². The lowest BCUT2D eigenvalue weighted by Gasteiger charge is -2.23. The number of hydrogen-bond acceptors (Lipinski definition) is 3. The molecule has 4 rings (SSSR count). The average Bonchev–Trinajstić information content (AvgIpc) is 3.02. The second kappa shape index (κ2) is 9.24. The first kappa shape index (κ1) is 24.0. The lowest BCUT2D eigenvalue weighted by atomic mass is 9.84. The van der Waals surface area contributed by atoms with E-state index in [-0.39, 0.29) is 6.42 Å². The zero-order valence-corrected chi connectivity index (χ0v) is 18.9. The number of alkyl halides is 3. The molecule has 2 unspecified atom stereocenters. The Morgan fingerprint density at radius 1 is 1.00 bits per heavy atom. The number of hydrogen-bond donors (Lipinski definition) is 2. The summed E-state index contributed by atoms with van der Waals surface area (Å²) in [7, 11) is 0. The van der Waals surface area contributed by atoms with E-state index in [4.69, 9.17) is 0 Å². The number of carbonyl (C=O) groups is 3. The summed E-state index contributed by atoms with van der Waals surface area (Å²) in [5.74, 6) is -3.03. The Labute approximate surface area is 196 Å². The van der Waals surface area contributed by atoms with Crippen molar-refractivity contribution in [2.24, 2.45) is 5.92 Å². The number of carbonyl (C=O) groups excluding carboxylic acids is 3. The standard InChI is InChI=1S/C26H27F3N2O3/c1-25(15-16-7-11-19(12-8-16)26(27,28)29)22(32)21(24(34)31-25)23(33)30-20-13-9-18(10-14-20)17-5-3-2-4-6-17/h7-14,17,21H,2-6,15H2,1H3,(H,30,33)(H,31,34). The van der Waals surface area contributed by atoms with Crippen molar-refractivity contribution >= 4 is 23.3 Å². The van der Waals surface area contributed by atoms with E-state index in [1.54, 1.807) is 12.1 Å². The first-order chi connectivity index (χ1) is 16.1. The number of rotatable bonds is 5. The zero-order chi connectivity index (χ0) is 24.5. The molecule has 34 heavy (non-hydrogen) atoms. The minimum atomic E-state index is -4.46. The van der Waals surface area contributed by atoms with Gasteiger partial charge in [0.15, 0.2) is 11.7 Å². The molecule has 2 N–H and O–H groups in total. The number of nitrogens with one attached hydrogen (secondary N) is 2. The normalized spacial score (nSPS) is 23.6. The highest BCUT2D eigenvalue weighted by molar-refractivity contribution is 6.27. The number of Topliss-reactive ketones (excluding diaryl/α,β-unsaturated/α-hetero) is 1. The highest BCUT2D eigenvalue weighted by atomic mass is 19.4. The predicted octanol–water partition coefficient (Wildman–Crippen LogP) is 5.01. The maximum atomic E-state index is 13.0. The van der Waals surface area contributed by atoms with Gasteiger partial charge in [-0.05, 0) is 61.1 Å². The van der Waals surface area contributed by atoms with Crippen molar-refractivity contribution in [3.05, 3.63) is 65.2 Å². The van der Waals surface area contributed by atoms with Crippen LogP contribution in [0.5, 0.6) is 0 Å². The quantitative estimate of drug-likeness (QED) is 0.601. The monoisotopic (exact) mass is 472 g/mol. The van der Waals surface area contributed by atoms with Gasteiger partial charge >= 0.3 is 6.18 Å². The Morgan fingerprint density at radius 2 is 1.62 bits per heavy atom. The van der Waals surface area contributed by atoms with Gasteiger partial charge in [0.1, 0.15) is 5.54 Å². The van der Waals surface area contributed by atoms with Crippen molar-refractivity contribution in [2.45, 2.75) is 63.1 Å². The third-order valence-electron chi connectivity index (χ3n) is 6.82. The molecule has 2 aromatic carbocycles. The molecule has 0 bridgehead atoms. The molecular weight excluding hydrogens is 445 g/mol. The van der Waals surface area contributed by atoms with E-state index in [2.05, 4.69) is 10.6 Å². The molecule has 0 aromatic heterocycles. The Balaban J connectivity index is 1.42. The topological polar surface area (TPSA) is 75.3 Å². The van der Waals surface area contributed by atoms with Gasteiger partial charge in [-0.25, -0.2) is 0 Å². The molecule has 8 heteroatoms. The second-order valence-corrected chi connectivity index (χ2v) is 9.44. The van der Waals surface area contributed by atoms with E-state index in [1.165, 1.54) is 43.9 Å². The molecule has 5 nitrogen and oxygen atoms in total. The van der Waals surface area contributed by atoms with Crippen LogP contribution in [0.15, 0.2) is 48.5 Å². The molecule has 2 amide bonds. The largest absolute Gasteiger partial charge is 0.416 e. The van der Waals surface area contributed by atoms with E-state index in [9.17, 15) is 27.6 Å². The number of anilines is 1. The molecule has 1 aliphatic heterocycles. The van der Waals surface area contributed by atoms with E-state index in [0.717, 1.165) is 25.0 Å². The SMILES string of the molecule is CC1(Cc2ccc(C(F)(F)F)cc2)NC(=O)C(C(=O)Nc2ccc(C3CCCCC3)cc2)C1=O. The molecule has 2 atom stereocenters. The summed E-state index contributed by atoms with van der Waals surface area (Å²) in [6.07, 6.45) is 1.52. The third-order valence-corrected chi connectivity index (χ3v) is 6.82. The molecule has 1 aliphatic carbocycles. The Hall–Kier alpha value is -3.16. The minimum Gasteiger partial charge on any atom is -0.342 e. The summed E-state index contributed by atoms with van der Waals surface area (Å²) in [5.41, 5.74) is -0.0135. The van der Waals surface area contributed by atoms with E-state index >= 15 is 0 Å². The lowest BCUT2D eigenvalue weighted by molar-refractivity contribution is -0.138. The fourth-order valence-corrected chi connectivity index (χ4v) is 4.92. The van der Waals surface area contributed by atoms with E-state index < -0.39 is 40.8 Å². The van der Waals surface area contributed by atoms with Crippen molar-refractivity contribution in [1.29, 1.82) is 0 Å². The van der Waals surface area contributed by atoms with Crippen LogP contribution in [-0.4, -0.2) is 23.1 Å². The van der Waals surface area contributed by atoms with Crippen LogP contribution in [-0.2, 0) is 27.0 Å². The second-order valence-electron chi connectivity index (χ2n) is 9.44. The molecule has 2 fully saturated rings. The van der Waals surface area contributed by atoms with Gasteiger partial charge in [-0.3, -0.25) is 14.4 Å². The van der Waals surface area contributed by atoms with Gasteiger partial charge in [-0.15, -0.1) is 0 Å². The average molecular weight is 473 g/mol. The minimum absolute atomic E-state index is 0.0183. The van der Waals surface area contributed by atoms with Gasteiger partial charge < -0.3 is 10.6 Å². The predicted molar refractivity (Wildman–Crippen MR) is 121 cm³/mol. The van der Waals surface area contributed by atoms with Crippen molar-refractivity contribution < 1.29 is 27.6 Å². The van der Waals surface area contributed by atoms with Crippen LogP contribution in [0.2, 0.25) is 0 Å². The molecular formula is C26H27F3N2O3. The number of amides is 2. The molecule has 2 aliphatic rings. The molecule has 0 radical (unpaired) electrons. The molecule has 1 saturated heterocycles. The first-order valence-corrected chi connectivity index (χ1v) is 11.5. The first-order valence-electron chi connectivity index (χ1n) is 11.5. The van der Waals surface area contributed by atoms with Crippen LogP contribution in [0.1, 0.15) is 61.6 Å². The van der Waals surface area contributed by atoms with E-state index in [1.807, 2.05) is 12.1 Å². The van der Waals surface area contributed by atoms with Crippen LogP contribution in [0.25, 0.3) is 0 Å². The van der Waals surface area contributed by atoms with Gasteiger partial charge in [0, 0.05) is 12.1 Å². The van der Waals surface area contributed by atoms with Crippen LogP contribution in [0.3, 0.4) is 0 Å². The Bertz CT molecular complexity index is 1070. The van der Waals surface area contributed by atoms with Crippen LogP contribution in [0.4, 0.5) is 18.9 Å². The van der Waals surface area contributed by atoms with Gasteiger partial charge in [0.2, 0.25) is 11.8 Å². The van der Waals surface area contributed by atoms with Crippen molar-refractivity contribution in [1.82, 2.24) is 5.32 Å². The maximum Gasteiger partial charge on any atom is 0.416 e. The van der Waals surface area contributed by atoms with Gasteiger partial charge in [0.25, 0.3) is 0 Å². The Kier molecular flexibility index (Phi) is 6.51. The third kappa shape index (κ3) is 5.00. The van der Waals surface area contributed by atoms with Gasteiger partial charge in [-0.1, -0.05) is 43.5 Å². The summed E-state index contributed by atoms with van der Waals surface area (Å²) < 4.78 is 38.4. The smallest absolute Gasteiger partial charge is 0.342 e. The summed E-state index contributed by atoms with van der Waals surface area (Å²) in [6.45, 7) is 1.48. The molecule has 1 heterocycles. The highest BCUT2D eigenvalue weighted by Crippen LogP contribution is 2.34. The van der Waals surface area contributed by atoms with Gasteiger partial charge in [0.05, 0.1) is 5.56 Å². The number of benzene rings is 2. The van der Waals surface area contributed by atoms with Gasteiger partial charge in [-0.2, -0.15) is 13.2 Å². The fourth-order valence-electron chi connectivity index (χ4n) is 4.92. The lowest BCUT2D eigenvalue weighted by Crippen LogP contribution is -2.45. The molecule has 2 aromatic rings. The number of ketones is 1. The Morgan fingerprint density at radius 3 is 2.21 bits per heavy atom. The van der Waals surface area contributed by atoms with Crippen molar-refractivity contribution in [3.63, 3.8) is 0 Å². The van der Waals surface area contributed by atoms with Crippen molar-refractivity contribution in [3.8, 4) is 0 Å². The zero-order valence-electron chi connectivity index (χ0n) is 18.9. The van der Waals surface area contributed by atoms with Crippen LogP contribution < -0.4 is 10.6 Å². The summed E-state index contributed by atoms with van der Waals surface area (Å²) >= 11 is 0. The molecule has 1 saturated carbocycles. The molecule has 0 spiro atoms. The summed E-state index contributed by atoms with van der Waals surface area (Å²) in [4.78, 5) is 38.4. The summed E-state index contributed by atoms with van der Waals surface area (Å²) in [5, 5.41) is 5.23. The van der Waals surface area contributed by atoms with Crippen molar-refractivity contribution in [2.75, 3.05) is 5.32 Å². The van der Waals surface area contributed by atoms with Crippen LogP contribution in [0, 0.1) is 5.92 Å². The molecule has 180 valence electrons. The highest BCUT2D eigenvalue weighted by Gasteiger charge is 2.52. The summed E-state index contributed by atoms with van der Waals surface area (Å²) in [6, 6.07) is 11.9. The van der Waals surface area contributed by atoms with E-state index in [0.29, 0.717) is 17.2 Å².